The average molecular weight is 292 g/mol. The molecule has 1 fully saturated rings. The first-order valence-corrected chi connectivity index (χ1v) is 7.34. The zero-order valence-corrected chi connectivity index (χ0v) is 12.1. The summed E-state index contributed by atoms with van der Waals surface area (Å²) >= 11 is 1.36. The lowest BCUT2D eigenvalue weighted by Crippen LogP contribution is -2.16. The molecule has 2 heterocycles. The summed E-state index contributed by atoms with van der Waals surface area (Å²) in [6.07, 6.45) is 3.49. The molecule has 1 aliphatic rings. The molecule has 3 N–H and O–H groups in total. The van der Waals surface area contributed by atoms with Gasteiger partial charge in [0.05, 0.1) is 0 Å². The Morgan fingerprint density at radius 2 is 2.20 bits per heavy atom. The van der Waals surface area contributed by atoms with Gasteiger partial charge in [0, 0.05) is 11.6 Å². The van der Waals surface area contributed by atoms with Gasteiger partial charge in [0.2, 0.25) is 0 Å². The lowest BCUT2D eigenvalue weighted by molar-refractivity contribution is 0.641. The van der Waals surface area contributed by atoms with Crippen LogP contribution in [0.3, 0.4) is 0 Å². The average Bonchev–Trinajstić information content (AvgIpc) is 3.15. The van der Waals surface area contributed by atoms with Gasteiger partial charge in [-0.25, -0.2) is 19.9 Å². The van der Waals surface area contributed by atoms with Crippen molar-refractivity contribution in [3.63, 3.8) is 0 Å². The fourth-order valence-electron chi connectivity index (χ4n) is 2.12. The molecule has 0 amide bonds. The molecule has 20 heavy (non-hydrogen) atoms. The highest BCUT2D eigenvalue weighted by atomic mass is 32.2. The normalized spacial score (nSPS) is 14.9. The van der Waals surface area contributed by atoms with Crippen LogP contribution in [-0.4, -0.2) is 24.7 Å². The van der Waals surface area contributed by atoms with Gasteiger partial charge in [0.1, 0.15) is 17.2 Å². The van der Waals surface area contributed by atoms with E-state index in [2.05, 4.69) is 20.2 Å². The van der Waals surface area contributed by atoms with E-state index in [9.17, 15) is 4.79 Å². The molecule has 0 radical (unpaired) electrons. The summed E-state index contributed by atoms with van der Waals surface area (Å²) in [7, 11) is 0. The molecule has 7 nitrogen and oxygen atoms in total. The highest BCUT2D eigenvalue weighted by Gasteiger charge is 2.29. The number of aromatic nitrogens is 5. The molecule has 0 atom stereocenters. The number of aromatic amines is 1. The van der Waals surface area contributed by atoms with E-state index in [0.717, 1.165) is 23.4 Å². The molecule has 0 aliphatic heterocycles. The maximum Gasteiger partial charge on any atom is 0.344 e. The maximum absolute atomic E-state index is 11.8. The first-order valence-electron chi connectivity index (χ1n) is 6.53. The lowest BCUT2D eigenvalue weighted by Gasteiger charge is -2.12. The van der Waals surface area contributed by atoms with Crippen molar-refractivity contribution in [1.29, 1.82) is 0 Å². The quantitative estimate of drug-likeness (QED) is 0.829. The molecule has 106 valence electrons. The van der Waals surface area contributed by atoms with Crippen molar-refractivity contribution >= 4 is 17.6 Å². The minimum atomic E-state index is -0.164. The van der Waals surface area contributed by atoms with Crippen LogP contribution >= 0.6 is 11.8 Å². The molecular formula is C12H16N6OS. The van der Waals surface area contributed by atoms with Crippen molar-refractivity contribution in [2.75, 3.05) is 5.73 Å². The summed E-state index contributed by atoms with van der Waals surface area (Å²) in [6.45, 7) is 4.08. The fourth-order valence-corrected chi connectivity index (χ4v) is 3.26. The van der Waals surface area contributed by atoms with Gasteiger partial charge in [-0.3, -0.25) is 4.57 Å². The number of anilines is 1. The van der Waals surface area contributed by atoms with E-state index in [1.165, 1.54) is 18.1 Å². The van der Waals surface area contributed by atoms with Crippen molar-refractivity contribution in [2.45, 2.75) is 48.8 Å². The van der Waals surface area contributed by atoms with Gasteiger partial charge in [-0.2, -0.15) is 0 Å². The Kier molecular flexibility index (Phi) is 3.25. The SMILES string of the molecule is CC(C)c1c(N)ncnc1Sc1n[nH]c(=O)n1C1CC1. The third kappa shape index (κ3) is 2.31. The minimum Gasteiger partial charge on any atom is -0.383 e. The topological polar surface area (TPSA) is 102 Å². The molecule has 1 saturated carbocycles. The molecule has 2 aromatic heterocycles. The monoisotopic (exact) mass is 292 g/mol. The van der Waals surface area contributed by atoms with E-state index in [0.29, 0.717) is 11.0 Å². The summed E-state index contributed by atoms with van der Waals surface area (Å²) in [6, 6.07) is 0.269. The summed E-state index contributed by atoms with van der Waals surface area (Å²) in [4.78, 5) is 20.1. The summed E-state index contributed by atoms with van der Waals surface area (Å²) in [5.74, 6) is 0.687. The number of hydrogen-bond acceptors (Lipinski definition) is 6. The predicted molar refractivity (Wildman–Crippen MR) is 75.8 cm³/mol. The van der Waals surface area contributed by atoms with Crippen LogP contribution in [0.1, 0.15) is 44.2 Å². The minimum absolute atomic E-state index is 0.164. The van der Waals surface area contributed by atoms with Crippen LogP contribution in [0.25, 0.3) is 0 Å². The van der Waals surface area contributed by atoms with E-state index >= 15 is 0 Å². The number of nitrogens with one attached hydrogen (secondary N) is 1. The smallest absolute Gasteiger partial charge is 0.344 e. The second-order valence-corrected chi connectivity index (χ2v) is 6.10. The summed E-state index contributed by atoms with van der Waals surface area (Å²) < 4.78 is 1.70. The van der Waals surface area contributed by atoms with Crippen LogP contribution < -0.4 is 11.4 Å². The summed E-state index contributed by atoms with van der Waals surface area (Å²) in [5.41, 5.74) is 6.66. The Bertz CT molecular complexity index is 687. The van der Waals surface area contributed by atoms with Gasteiger partial charge in [0.15, 0.2) is 5.16 Å². The van der Waals surface area contributed by atoms with E-state index < -0.39 is 0 Å². The van der Waals surface area contributed by atoms with Crippen LogP contribution in [-0.2, 0) is 0 Å². The molecule has 0 bridgehead atoms. The first-order chi connectivity index (χ1) is 9.58. The molecule has 3 rings (SSSR count). The maximum atomic E-state index is 11.8. The van der Waals surface area contributed by atoms with Crippen LogP contribution in [0, 0.1) is 0 Å². The number of H-pyrrole nitrogens is 1. The molecule has 0 unspecified atom stereocenters. The van der Waals surface area contributed by atoms with Crippen molar-refractivity contribution in [2.24, 2.45) is 0 Å². The first kappa shape index (κ1) is 13.2. The molecule has 8 heteroatoms. The van der Waals surface area contributed by atoms with Crippen molar-refractivity contribution in [3.8, 4) is 0 Å². The number of nitrogens with two attached hydrogens (primary N) is 1. The van der Waals surface area contributed by atoms with E-state index in [4.69, 9.17) is 5.73 Å². The van der Waals surface area contributed by atoms with Crippen molar-refractivity contribution in [1.82, 2.24) is 24.7 Å². The van der Waals surface area contributed by atoms with Crippen LogP contribution in [0.15, 0.2) is 21.3 Å². The Morgan fingerprint density at radius 1 is 1.45 bits per heavy atom. The third-order valence-corrected chi connectivity index (χ3v) is 4.22. The molecule has 1 aliphatic carbocycles. The Labute approximate surface area is 120 Å². The zero-order chi connectivity index (χ0) is 14.3. The van der Waals surface area contributed by atoms with E-state index in [1.54, 1.807) is 4.57 Å². The lowest BCUT2D eigenvalue weighted by atomic mass is 10.1. The molecular weight excluding hydrogens is 276 g/mol. The second kappa shape index (κ2) is 4.93. The largest absolute Gasteiger partial charge is 0.383 e. The predicted octanol–water partition coefficient (Wildman–Crippen LogP) is 1.55. The van der Waals surface area contributed by atoms with Gasteiger partial charge in [-0.1, -0.05) is 13.8 Å². The molecule has 0 aromatic carbocycles. The molecule has 0 saturated heterocycles. The molecule has 2 aromatic rings. The molecule has 0 spiro atoms. The Morgan fingerprint density at radius 3 is 2.85 bits per heavy atom. The van der Waals surface area contributed by atoms with Crippen LogP contribution in [0.2, 0.25) is 0 Å². The van der Waals surface area contributed by atoms with E-state index in [1.807, 2.05) is 13.8 Å². The third-order valence-electron chi connectivity index (χ3n) is 3.23. The highest BCUT2D eigenvalue weighted by molar-refractivity contribution is 7.99. The van der Waals surface area contributed by atoms with Crippen molar-refractivity contribution < 1.29 is 0 Å². The van der Waals surface area contributed by atoms with Gasteiger partial charge >= 0.3 is 5.69 Å². The number of nitrogen functional groups attached to an aromatic ring is 1. The van der Waals surface area contributed by atoms with Crippen LogP contribution in [0.5, 0.6) is 0 Å². The standard InChI is InChI=1S/C12H16N6OS/c1-6(2)8-9(13)14-5-15-10(8)20-12-17-16-11(19)18(12)7-3-4-7/h5-7H,3-4H2,1-2H3,(H,16,19)(H2,13,14,15). The van der Waals surface area contributed by atoms with Gasteiger partial charge in [-0.15, -0.1) is 5.10 Å². The van der Waals surface area contributed by atoms with E-state index in [-0.39, 0.29) is 17.6 Å². The van der Waals surface area contributed by atoms with Crippen molar-refractivity contribution in [3.05, 3.63) is 22.4 Å². The number of rotatable bonds is 4. The highest BCUT2D eigenvalue weighted by Crippen LogP contribution is 2.39. The summed E-state index contributed by atoms with van der Waals surface area (Å²) in [5, 5.41) is 7.99. The van der Waals surface area contributed by atoms with Gasteiger partial charge < -0.3 is 5.73 Å². The van der Waals surface area contributed by atoms with Gasteiger partial charge in [0.25, 0.3) is 0 Å². The number of hydrogen-bond donors (Lipinski definition) is 2. The fraction of sp³-hybridized carbons (Fsp3) is 0.500. The Hall–Kier alpha value is -1.83. The second-order valence-electron chi connectivity index (χ2n) is 5.15. The Balaban J connectivity index is 2.00. The van der Waals surface area contributed by atoms with Crippen LogP contribution in [0.4, 0.5) is 5.82 Å². The zero-order valence-electron chi connectivity index (χ0n) is 11.3. The number of nitrogens with zero attached hydrogens (tertiary/aromatic N) is 4. The van der Waals surface area contributed by atoms with Gasteiger partial charge in [-0.05, 0) is 30.5 Å².